The number of hydrazine groups is 1. The van der Waals surface area contributed by atoms with Gasteiger partial charge in [-0.3, -0.25) is 0 Å². The van der Waals surface area contributed by atoms with Crippen LogP contribution in [0.15, 0.2) is 5.38 Å². The fourth-order valence-corrected chi connectivity index (χ4v) is 2.98. The molecule has 0 spiro atoms. The van der Waals surface area contributed by atoms with E-state index in [-0.39, 0.29) is 6.04 Å². The van der Waals surface area contributed by atoms with Crippen molar-refractivity contribution in [2.24, 2.45) is 5.84 Å². The van der Waals surface area contributed by atoms with Crippen LogP contribution in [-0.2, 0) is 0 Å². The van der Waals surface area contributed by atoms with Crippen LogP contribution in [0.4, 0.5) is 11.6 Å². The molecule has 112 valence electrons. The summed E-state index contributed by atoms with van der Waals surface area (Å²) in [5.41, 5.74) is 4.65. The van der Waals surface area contributed by atoms with Crippen LogP contribution in [-0.4, -0.2) is 15.0 Å². The fourth-order valence-electron chi connectivity index (χ4n) is 2.18. The molecule has 4 N–H and O–H groups in total. The Balaban J connectivity index is 1.88. The van der Waals surface area contributed by atoms with Crippen LogP contribution in [0, 0.1) is 13.8 Å². The van der Waals surface area contributed by atoms with Gasteiger partial charge in [-0.25, -0.2) is 20.8 Å². The Labute approximate surface area is 128 Å². The van der Waals surface area contributed by atoms with E-state index in [1.807, 2.05) is 13.8 Å². The maximum atomic E-state index is 5.58. The van der Waals surface area contributed by atoms with Crippen molar-refractivity contribution in [2.75, 3.05) is 10.7 Å². The molecule has 21 heavy (non-hydrogen) atoms. The van der Waals surface area contributed by atoms with E-state index in [4.69, 9.17) is 5.84 Å². The standard InChI is InChI=1S/C14H20N6S/c1-7-6-21-14(16-7)9(3)17-11-8(2)12(20-15)19-13(18-11)10-4-5-10/h6,9-10H,4-5,15H2,1-3H3,(H2,17,18,19,20). The Hall–Kier alpha value is -1.73. The normalized spacial score (nSPS) is 15.8. The maximum absolute atomic E-state index is 5.58. The smallest absolute Gasteiger partial charge is 0.148 e. The van der Waals surface area contributed by atoms with Crippen LogP contribution >= 0.6 is 11.3 Å². The lowest BCUT2D eigenvalue weighted by Crippen LogP contribution is -2.16. The first-order valence-electron chi connectivity index (χ1n) is 7.12. The van der Waals surface area contributed by atoms with Gasteiger partial charge in [0.2, 0.25) is 0 Å². The highest BCUT2D eigenvalue weighted by atomic mass is 32.1. The van der Waals surface area contributed by atoms with Gasteiger partial charge in [-0.05, 0) is 33.6 Å². The van der Waals surface area contributed by atoms with E-state index in [9.17, 15) is 0 Å². The van der Waals surface area contributed by atoms with E-state index < -0.39 is 0 Å². The van der Waals surface area contributed by atoms with Crippen LogP contribution in [0.25, 0.3) is 0 Å². The minimum Gasteiger partial charge on any atom is -0.361 e. The molecule has 1 atom stereocenters. The zero-order valence-corrected chi connectivity index (χ0v) is 13.3. The molecule has 1 saturated carbocycles. The average molecular weight is 304 g/mol. The summed E-state index contributed by atoms with van der Waals surface area (Å²) in [7, 11) is 0. The molecule has 2 heterocycles. The maximum Gasteiger partial charge on any atom is 0.148 e. The largest absolute Gasteiger partial charge is 0.361 e. The van der Waals surface area contributed by atoms with Crippen molar-refractivity contribution in [3.63, 3.8) is 0 Å². The summed E-state index contributed by atoms with van der Waals surface area (Å²) in [5.74, 6) is 8.46. The van der Waals surface area contributed by atoms with Gasteiger partial charge in [-0.15, -0.1) is 11.3 Å². The summed E-state index contributed by atoms with van der Waals surface area (Å²) in [6.07, 6.45) is 2.32. The van der Waals surface area contributed by atoms with Crippen molar-refractivity contribution in [3.05, 3.63) is 27.5 Å². The molecule has 0 saturated heterocycles. The average Bonchev–Trinajstić information content (AvgIpc) is 3.22. The third-order valence-corrected chi connectivity index (χ3v) is 4.75. The summed E-state index contributed by atoms with van der Waals surface area (Å²) >= 11 is 1.66. The topological polar surface area (TPSA) is 88.8 Å². The Bertz CT molecular complexity index is 649. The summed E-state index contributed by atoms with van der Waals surface area (Å²) in [5, 5.41) is 6.55. The van der Waals surface area contributed by atoms with Crippen molar-refractivity contribution in [3.8, 4) is 0 Å². The predicted molar refractivity (Wildman–Crippen MR) is 85.4 cm³/mol. The summed E-state index contributed by atoms with van der Waals surface area (Å²) in [6.45, 7) is 6.06. The number of aromatic nitrogens is 3. The third kappa shape index (κ3) is 2.98. The highest BCUT2D eigenvalue weighted by Gasteiger charge is 2.28. The highest BCUT2D eigenvalue weighted by molar-refractivity contribution is 7.09. The fraction of sp³-hybridized carbons (Fsp3) is 0.500. The molecule has 0 aromatic carbocycles. The van der Waals surface area contributed by atoms with Crippen molar-refractivity contribution < 1.29 is 0 Å². The van der Waals surface area contributed by atoms with E-state index >= 15 is 0 Å². The number of nitrogen functional groups attached to an aromatic ring is 1. The van der Waals surface area contributed by atoms with E-state index in [1.165, 1.54) is 0 Å². The SMILES string of the molecule is Cc1csc(C(C)Nc2nc(C3CC3)nc(NN)c2C)n1. The number of hydrogen-bond acceptors (Lipinski definition) is 7. The lowest BCUT2D eigenvalue weighted by Gasteiger charge is -2.17. The van der Waals surface area contributed by atoms with E-state index in [0.717, 1.165) is 40.7 Å². The molecular formula is C14H20N6S. The number of nitrogens with one attached hydrogen (secondary N) is 2. The van der Waals surface area contributed by atoms with E-state index in [2.05, 4.69) is 38.0 Å². The first kappa shape index (κ1) is 14.2. The van der Waals surface area contributed by atoms with Gasteiger partial charge in [0, 0.05) is 22.6 Å². The molecule has 2 aromatic heterocycles. The van der Waals surface area contributed by atoms with Gasteiger partial charge in [0.25, 0.3) is 0 Å². The van der Waals surface area contributed by atoms with Crippen molar-refractivity contribution in [1.82, 2.24) is 15.0 Å². The molecule has 0 radical (unpaired) electrons. The molecule has 6 nitrogen and oxygen atoms in total. The molecule has 0 aliphatic heterocycles. The van der Waals surface area contributed by atoms with Gasteiger partial charge >= 0.3 is 0 Å². The van der Waals surface area contributed by atoms with Crippen LogP contribution in [0.1, 0.15) is 53.8 Å². The highest BCUT2D eigenvalue weighted by Crippen LogP contribution is 2.39. The summed E-state index contributed by atoms with van der Waals surface area (Å²) < 4.78 is 0. The van der Waals surface area contributed by atoms with Gasteiger partial charge in [0.15, 0.2) is 0 Å². The van der Waals surface area contributed by atoms with Crippen molar-refractivity contribution >= 4 is 23.0 Å². The summed E-state index contributed by atoms with van der Waals surface area (Å²) in [6, 6.07) is 0.106. The monoisotopic (exact) mass is 304 g/mol. The van der Waals surface area contributed by atoms with Gasteiger partial charge in [0.1, 0.15) is 22.5 Å². The van der Waals surface area contributed by atoms with Gasteiger partial charge in [-0.1, -0.05) is 0 Å². The predicted octanol–water partition coefficient (Wildman–Crippen LogP) is 2.89. The molecule has 3 rings (SSSR count). The third-order valence-electron chi connectivity index (χ3n) is 3.60. The van der Waals surface area contributed by atoms with Crippen LogP contribution < -0.4 is 16.6 Å². The summed E-state index contributed by atoms with van der Waals surface area (Å²) in [4.78, 5) is 13.7. The van der Waals surface area contributed by atoms with E-state index in [1.54, 1.807) is 11.3 Å². The van der Waals surface area contributed by atoms with Crippen LogP contribution in [0.3, 0.4) is 0 Å². The quantitative estimate of drug-likeness (QED) is 0.581. The first-order valence-corrected chi connectivity index (χ1v) is 8.00. The minimum atomic E-state index is 0.106. The van der Waals surface area contributed by atoms with E-state index in [0.29, 0.717) is 11.7 Å². The second-order valence-electron chi connectivity index (χ2n) is 5.52. The Morgan fingerprint density at radius 1 is 1.24 bits per heavy atom. The molecule has 1 unspecified atom stereocenters. The number of thiazole rings is 1. The molecule has 1 aliphatic rings. The Kier molecular flexibility index (Phi) is 3.77. The molecular weight excluding hydrogens is 284 g/mol. The van der Waals surface area contributed by atoms with Crippen LogP contribution in [0.2, 0.25) is 0 Å². The Morgan fingerprint density at radius 3 is 2.52 bits per heavy atom. The van der Waals surface area contributed by atoms with Crippen LogP contribution in [0.5, 0.6) is 0 Å². The van der Waals surface area contributed by atoms with Crippen molar-refractivity contribution in [2.45, 2.75) is 45.6 Å². The number of rotatable bonds is 5. The lowest BCUT2D eigenvalue weighted by atomic mass is 10.2. The second-order valence-corrected chi connectivity index (χ2v) is 6.41. The van der Waals surface area contributed by atoms with Gasteiger partial charge < -0.3 is 10.7 Å². The second kappa shape index (κ2) is 5.57. The molecule has 2 aromatic rings. The van der Waals surface area contributed by atoms with Crippen molar-refractivity contribution in [1.29, 1.82) is 0 Å². The number of nitrogens with two attached hydrogens (primary N) is 1. The van der Waals surface area contributed by atoms with Gasteiger partial charge in [-0.2, -0.15) is 0 Å². The number of hydrogen-bond donors (Lipinski definition) is 3. The first-order chi connectivity index (χ1) is 10.1. The molecule has 1 aliphatic carbocycles. The molecule has 0 bridgehead atoms. The number of anilines is 2. The molecule has 1 fully saturated rings. The lowest BCUT2D eigenvalue weighted by molar-refractivity contribution is 0.836. The number of nitrogens with zero attached hydrogens (tertiary/aromatic N) is 3. The number of aryl methyl sites for hydroxylation is 1. The zero-order valence-electron chi connectivity index (χ0n) is 12.5. The zero-order chi connectivity index (χ0) is 15.0. The minimum absolute atomic E-state index is 0.106. The molecule has 0 amide bonds. The molecule has 7 heteroatoms. The Morgan fingerprint density at radius 2 is 1.95 bits per heavy atom. The van der Waals surface area contributed by atoms with Gasteiger partial charge in [0.05, 0.1) is 6.04 Å².